The van der Waals surface area contributed by atoms with Crippen molar-refractivity contribution in [3.8, 4) is 6.07 Å². The van der Waals surface area contributed by atoms with Crippen LogP contribution in [0.4, 0.5) is 5.69 Å². The number of nitriles is 1. The van der Waals surface area contributed by atoms with Gasteiger partial charge in [0.2, 0.25) is 0 Å². The normalized spacial score (nSPS) is 11.1. The van der Waals surface area contributed by atoms with Gasteiger partial charge in [0.25, 0.3) is 10.0 Å². The second kappa shape index (κ2) is 5.75. The van der Waals surface area contributed by atoms with Crippen LogP contribution in [0.2, 0.25) is 0 Å². The molecular weight excluding hydrogens is 308 g/mol. The molecule has 0 heterocycles. The second-order valence-electron chi connectivity index (χ2n) is 5.14. The fraction of sp³-hybridized carbons (Fsp3) is 0.0556. The van der Waals surface area contributed by atoms with Gasteiger partial charge in [0.05, 0.1) is 22.2 Å². The Hall–Kier alpha value is -2.84. The molecule has 114 valence electrons. The van der Waals surface area contributed by atoms with Gasteiger partial charge in [-0.2, -0.15) is 5.26 Å². The largest absolute Gasteiger partial charge is 0.269 e. The number of hydrogen-bond acceptors (Lipinski definition) is 3. The Morgan fingerprint density at radius 3 is 2.39 bits per heavy atom. The van der Waals surface area contributed by atoms with E-state index in [1.54, 1.807) is 18.2 Å². The Labute approximate surface area is 135 Å². The Morgan fingerprint density at radius 1 is 0.913 bits per heavy atom. The number of anilines is 1. The highest BCUT2D eigenvalue weighted by atomic mass is 32.2. The predicted molar refractivity (Wildman–Crippen MR) is 90.7 cm³/mol. The number of benzene rings is 3. The number of sulfonamides is 1. The molecule has 0 saturated heterocycles. The summed E-state index contributed by atoms with van der Waals surface area (Å²) in [6.07, 6.45) is 0. The molecule has 0 N–H and O–H groups in total. The number of fused-ring (bicyclic) bond motifs is 1. The molecule has 0 spiro atoms. The maximum atomic E-state index is 12.8. The first-order valence-electron chi connectivity index (χ1n) is 7.00. The van der Waals surface area contributed by atoms with Crippen molar-refractivity contribution in [3.05, 3.63) is 72.3 Å². The first-order valence-corrected chi connectivity index (χ1v) is 8.44. The molecule has 5 heteroatoms. The zero-order chi connectivity index (χ0) is 16.4. The monoisotopic (exact) mass is 322 g/mol. The molecule has 0 unspecified atom stereocenters. The van der Waals surface area contributed by atoms with Crippen LogP contribution in [-0.4, -0.2) is 15.5 Å². The van der Waals surface area contributed by atoms with E-state index in [-0.39, 0.29) is 4.90 Å². The lowest BCUT2D eigenvalue weighted by molar-refractivity contribution is 0.594. The van der Waals surface area contributed by atoms with Crippen molar-refractivity contribution in [3.63, 3.8) is 0 Å². The number of nitrogens with zero attached hydrogens (tertiary/aromatic N) is 2. The number of hydrogen-bond donors (Lipinski definition) is 0. The van der Waals surface area contributed by atoms with Gasteiger partial charge in [0, 0.05) is 7.05 Å². The van der Waals surface area contributed by atoms with E-state index in [2.05, 4.69) is 0 Å². The van der Waals surface area contributed by atoms with Crippen molar-refractivity contribution in [1.29, 1.82) is 5.26 Å². The van der Waals surface area contributed by atoms with Gasteiger partial charge in [-0.1, -0.05) is 36.4 Å². The van der Waals surface area contributed by atoms with E-state index < -0.39 is 10.0 Å². The molecule has 0 amide bonds. The van der Waals surface area contributed by atoms with E-state index in [1.165, 1.54) is 23.5 Å². The standard InChI is InChI=1S/C18H14N2O2S/c1-20(17-10-9-15-6-2-3-7-16(15)12-17)23(21,22)18-8-4-5-14(11-18)13-19/h2-12H,1H3. The average molecular weight is 322 g/mol. The molecule has 3 aromatic carbocycles. The van der Waals surface area contributed by atoms with Crippen LogP contribution in [0.5, 0.6) is 0 Å². The van der Waals surface area contributed by atoms with E-state index in [4.69, 9.17) is 5.26 Å². The molecule has 0 atom stereocenters. The molecule has 23 heavy (non-hydrogen) atoms. The summed E-state index contributed by atoms with van der Waals surface area (Å²) in [7, 11) is -2.20. The van der Waals surface area contributed by atoms with Crippen LogP contribution in [0.3, 0.4) is 0 Å². The molecule has 0 fully saturated rings. The van der Waals surface area contributed by atoms with Gasteiger partial charge in [-0.25, -0.2) is 8.42 Å². The van der Waals surface area contributed by atoms with Gasteiger partial charge in [-0.3, -0.25) is 4.31 Å². The third-order valence-electron chi connectivity index (χ3n) is 3.72. The maximum absolute atomic E-state index is 12.8. The smallest absolute Gasteiger partial charge is 0.264 e. The van der Waals surface area contributed by atoms with Crippen molar-refractivity contribution in [2.45, 2.75) is 4.90 Å². The zero-order valence-corrected chi connectivity index (χ0v) is 13.3. The maximum Gasteiger partial charge on any atom is 0.264 e. The Balaban J connectivity index is 2.06. The topological polar surface area (TPSA) is 61.2 Å². The van der Waals surface area contributed by atoms with E-state index in [1.807, 2.05) is 42.5 Å². The van der Waals surface area contributed by atoms with Crippen LogP contribution in [0.1, 0.15) is 5.56 Å². The SMILES string of the molecule is CN(c1ccc2ccccc2c1)S(=O)(=O)c1cccc(C#N)c1. The van der Waals surface area contributed by atoms with Crippen LogP contribution >= 0.6 is 0 Å². The Bertz CT molecular complexity index is 1020. The van der Waals surface area contributed by atoms with Crippen molar-refractivity contribution in [2.75, 3.05) is 11.4 Å². The summed E-state index contributed by atoms with van der Waals surface area (Å²) in [5.74, 6) is 0. The molecule has 3 rings (SSSR count). The van der Waals surface area contributed by atoms with Gasteiger partial charge in [-0.05, 0) is 41.1 Å². The second-order valence-corrected chi connectivity index (χ2v) is 7.11. The fourth-order valence-electron chi connectivity index (χ4n) is 2.40. The molecule has 4 nitrogen and oxygen atoms in total. The molecule has 0 aliphatic heterocycles. The number of rotatable bonds is 3. The molecule has 3 aromatic rings. The van der Waals surface area contributed by atoms with Crippen molar-refractivity contribution < 1.29 is 8.42 Å². The van der Waals surface area contributed by atoms with Crippen LogP contribution < -0.4 is 4.31 Å². The molecule has 0 aliphatic carbocycles. The predicted octanol–water partition coefficient (Wildman–Crippen LogP) is 3.54. The summed E-state index contributed by atoms with van der Waals surface area (Å²) in [6.45, 7) is 0. The highest BCUT2D eigenvalue weighted by Crippen LogP contribution is 2.26. The van der Waals surface area contributed by atoms with Crippen LogP contribution in [0.15, 0.2) is 71.6 Å². The van der Waals surface area contributed by atoms with E-state index in [0.29, 0.717) is 11.3 Å². The van der Waals surface area contributed by atoms with Crippen LogP contribution in [0.25, 0.3) is 10.8 Å². The summed E-state index contributed by atoms with van der Waals surface area (Å²) in [6, 6.07) is 21.3. The van der Waals surface area contributed by atoms with Crippen molar-refractivity contribution >= 4 is 26.5 Å². The van der Waals surface area contributed by atoms with Crippen molar-refractivity contribution in [2.24, 2.45) is 0 Å². The van der Waals surface area contributed by atoms with Gasteiger partial charge in [0.15, 0.2) is 0 Å². The Kier molecular flexibility index (Phi) is 3.77. The lowest BCUT2D eigenvalue weighted by Crippen LogP contribution is -2.26. The third-order valence-corrected chi connectivity index (χ3v) is 5.50. The summed E-state index contributed by atoms with van der Waals surface area (Å²) in [5.41, 5.74) is 0.893. The first kappa shape index (κ1) is 15.1. The van der Waals surface area contributed by atoms with Gasteiger partial charge >= 0.3 is 0 Å². The van der Waals surface area contributed by atoms with Gasteiger partial charge < -0.3 is 0 Å². The molecule has 0 bridgehead atoms. The van der Waals surface area contributed by atoms with E-state index in [9.17, 15) is 8.42 Å². The van der Waals surface area contributed by atoms with E-state index in [0.717, 1.165) is 10.8 Å². The lowest BCUT2D eigenvalue weighted by Gasteiger charge is -2.20. The van der Waals surface area contributed by atoms with Crippen LogP contribution in [0, 0.1) is 11.3 Å². The van der Waals surface area contributed by atoms with E-state index >= 15 is 0 Å². The molecular formula is C18H14N2O2S. The summed E-state index contributed by atoms with van der Waals surface area (Å²) < 4.78 is 26.7. The summed E-state index contributed by atoms with van der Waals surface area (Å²) in [5, 5.41) is 11.0. The minimum Gasteiger partial charge on any atom is -0.269 e. The molecule has 0 radical (unpaired) electrons. The Morgan fingerprint density at radius 2 is 1.65 bits per heavy atom. The first-order chi connectivity index (χ1) is 11.0. The minimum atomic E-state index is -3.71. The third kappa shape index (κ3) is 2.77. The molecule has 0 aliphatic rings. The zero-order valence-electron chi connectivity index (χ0n) is 12.5. The average Bonchev–Trinajstić information content (AvgIpc) is 2.60. The van der Waals surface area contributed by atoms with Crippen LogP contribution in [-0.2, 0) is 10.0 Å². The summed E-state index contributed by atoms with van der Waals surface area (Å²) >= 11 is 0. The highest BCUT2D eigenvalue weighted by Gasteiger charge is 2.21. The lowest BCUT2D eigenvalue weighted by atomic mass is 10.1. The molecule has 0 saturated carbocycles. The van der Waals surface area contributed by atoms with Gasteiger partial charge in [0.1, 0.15) is 0 Å². The summed E-state index contributed by atoms with van der Waals surface area (Å²) in [4.78, 5) is 0.104. The quantitative estimate of drug-likeness (QED) is 0.741. The van der Waals surface area contributed by atoms with Gasteiger partial charge in [-0.15, -0.1) is 0 Å². The van der Waals surface area contributed by atoms with Crippen molar-refractivity contribution in [1.82, 2.24) is 0 Å². The minimum absolute atomic E-state index is 0.104. The molecule has 0 aromatic heterocycles. The highest BCUT2D eigenvalue weighted by molar-refractivity contribution is 7.92. The fourth-order valence-corrected chi connectivity index (χ4v) is 3.63.